The number of rotatable bonds is 0. The maximum absolute atomic E-state index is 11.6. The predicted octanol–water partition coefficient (Wildman–Crippen LogP) is 1.49. The third-order valence-electron chi connectivity index (χ3n) is 3.80. The molecule has 0 radical (unpaired) electrons. The Labute approximate surface area is 77.9 Å². The lowest BCUT2D eigenvalue weighted by atomic mass is 9.80. The fraction of sp³-hybridized carbons (Fsp3) is 0.545. The highest BCUT2D eigenvalue weighted by Crippen LogP contribution is 2.51. The highest BCUT2D eigenvalue weighted by atomic mass is 16.2. The molecular weight excluding hydrogens is 162 g/mol. The molecule has 0 aromatic heterocycles. The molecule has 13 heavy (non-hydrogen) atoms. The van der Waals surface area contributed by atoms with Crippen molar-refractivity contribution in [2.45, 2.75) is 31.3 Å². The first-order valence-corrected chi connectivity index (χ1v) is 4.89. The molecule has 3 aliphatic rings. The summed E-state index contributed by atoms with van der Waals surface area (Å²) < 4.78 is 0. The van der Waals surface area contributed by atoms with Crippen molar-refractivity contribution in [1.29, 1.82) is 0 Å². The van der Waals surface area contributed by atoms with Crippen LogP contribution in [0.4, 0.5) is 0 Å². The zero-order chi connectivity index (χ0) is 9.16. The van der Waals surface area contributed by atoms with Crippen LogP contribution in [0.2, 0.25) is 0 Å². The average Bonchev–Trinajstić information content (AvgIpc) is 2.53. The number of hydrogen-bond acceptors (Lipinski definition) is 1. The zero-order valence-corrected chi connectivity index (χ0v) is 7.62. The van der Waals surface area contributed by atoms with Crippen LogP contribution in [-0.4, -0.2) is 22.9 Å². The molecule has 1 amide bonds. The van der Waals surface area contributed by atoms with Gasteiger partial charge in [0.25, 0.3) is 0 Å². The van der Waals surface area contributed by atoms with E-state index in [-0.39, 0.29) is 0 Å². The van der Waals surface area contributed by atoms with Gasteiger partial charge in [-0.2, -0.15) is 0 Å². The molecule has 0 N–H and O–H groups in total. The van der Waals surface area contributed by atoms with Crippen LogP contribution in [0.3, 0.4) is 0 Å². The van der Waals surface area contributed by atoms with E-state index in [0.717, 1.165) is 30.4 Å². The van der Waals surface area contributed by atoms with E-state index >= 15 is 0 Å². The molecule has 1 unspecified atom stereocenters. The molecule has 4 bridgehead atoms. The molecule has 0 aliphatic carbocycles. The molecule has 3 fully saturated rings. The van der Waals surface area contributed by atoms with Crippen LogP contribution in [0.25, 0.3) is 0 Å². The van der Waals surface area contributed by atoms with Gasteiger partial charge in [-0.25, -0.2) is 0 Å². The fourth-order valence-electron chi connectivity index (χ4n) is 3.16. The molecule has 68 valence electrons. The number of nitrogens with zero attached hydrogens (tertiary/aromatic N) is 1. The molecule has 0 saturated carbocycles. The van der Waals surface area contributed by atoms with Crippen molar-refractivity contribution in [3.05, 3.63) is 24.3 Å². The van der Waals surface area contributed by atoms with Crippen LogP contribution in [0.5, 0.6) is 0 Å². The Morgan fingerprint density at radius 2 is 2.08 bits per heavy atom. The highest BCUT2D eigenvalue weighted by Gasteiger charge is 2.54. The molecule has 3 saturated heterocycles. The van der Waals surface area contributed by atoms with Crippen LogP contribution < -0.4 is 0 Å². The Bertz CT molecular complexity index is 331. The van der Waals surface area contributed by atoms with E-state index in [0.29, 0.717) is 23.9 Å². The first-order chi connectivity index (χ1) is 6.20. The number of amides is 1. The summed E-state index contributed by atoms with van der Waals surface area (Å²) in [6, 6.07) is 0.622. The standard InChI is InChI=1S/C11H13NO/c1-6-7(2)11-8-3-4-10(13)12(11)9(6)5-8/h8-9,11H,1-5H2/t8?,9-,11-/m1/s1. The Hall–Kier alpha value is -1.05. The summed E-state index contributed by atoms with van der Waals surface area (Å²) >= 11 is 0. The van der Waals surface area contributed by atoms with Crippen molar-refractivity contribution in [3.8, 4) is 0 Å². The summed E-state index contributed by atoms with van der Waals surface area (Å²) in [6.07, 6.45) is 2.93. The highest BCUT2D eigenvalue weighted by molar-refractivity contribution is 5.81. The summed E-state index contributed by atoms with van der Waals surface area (Å²) in [4.78, 5) is 13.7. The minimum absolute atomic E-state index is 0.303. The lowest BCUT2D eigenvalue weighted by Gasteiger charge is -2.29. The summed E-state index contributed by atoms with van der Waals surface area (Å²) in [6.45, 7) is 8.06. The van der Waals surface area contributed by atoms with Gasteiger partial charge in [0.15, 0.2) is 0 Å². The van der Waals surface area contributed by atoms with Crippen molar-refractivity contribution < 1.29 is 4.79 Å². The Morgan fingerprint density at radius 1 is 1.31 bits per heavy atom. The van der Waals surface area contributed by atoms with Gasteiger partial charge in [-0.1, -0.05) is 13.2 Å². The van der Waals surface area contributed by atoms with Crippen molar-refractivity contribution in [3.63, 3.8) is 0 Å². The second kappa shape index (κ2) is 2.06. The Kier molecular flexibility index (Phi) is 1.17. The second-order valence-electron chi connectivity index (χ2n) is 4.35. The molecule has 3 atom stereocenters. The SMILES string of the molecule is C=C1C(=C)[C@@H]2C3CCC(=O)N2[C@@H]1C3. The molecule has 2 heteroatoms. The van der Waals surface area contributed by atoms with Gasteiger partial charge in [0.1, 0.15) is 0 Å². The zero-order valence-electron chi connectivity index (χ0n) is 7.62. The Morgan fingerprint density at radius 3 is 2.77 bits per heavy atom. The third kappa shape index (κ3) is 0.679. The molecule has 3 heterocycles. The molecule has 3 aliphatic heterocycles. The lowest BCUT2D eigenvalue weighted by Crippen LogP contribution is -2.40. The molecule has 2 nitrogen and oxygen atoms in total. The molecule has 0 aromatic rings. The summed E-state index contributed by atoms with van der Waals surface area (Å²) in [5, 5.41) is 0. The number of piperidine rings is 1. The molecule has 0 spiro atoms. The topological polar surface area (TPSA) is 20.3 Å². The summed E-state index contributed by atoms with van der Waals surface area (Å²) in [5.41, 5.74) is 2.23. The van der Waals surface area contributed by atoms with E-state index in [2.05, 4.69) is 13.2 Å². The normalized spacial score (nSPS) is 42.0. The monoisotopic (exact) mass is 175 g/mol. The van der Waals surface area contributed by atoms with Gasteiger partial charge in [0, 0.05) is 6.42 Å². The van der Waals surface area contributed by atoms with E-state index in [1.165, 1.54) is 0 Å². The van der Waals surface area contributed by atoms with Crippen LogP contribution in [0.15, 0.2) is 24.3 Å². The van der Waals surface area contributed by atoms with E-state index in [1.54, 1.807) is 0 Å². The number of carbonyl (C=O) groups excluding carboxylic acids is 1. The minimum Gasteiger partial charge on any atom is -0.328 e. The van der Waals surface area contributed by atoms with Gasteiger partial charge in [0.2, 0.25) is 5.91 Å². The molecule has 0 aromatic carbocycles. The first kappa shape index (κ1) is 7.36. The quantitative estimate of drug-likeness (QED) is 0.546. The molecule has 3 rings (SSSR count). The van der Waals surface area contributed by atoms with Gasteiger partial charge in [-0.3, -0.25) is 4.79 Å². The predicted molar refractivity (Wildman–Crippen MR) is 50.0 cm³/mol. The summed E-state index contributed by atoms with van der Waals surface area (Å²) in [7, 11) is 0. The van der Waals surface area contributed by atoms with Crippen molar-refractivity contribution in [2.24, 2.45) is 5.92 Å². The summed E-state index contributed by atoms with van der Waals surface area (Å²) in [5.74, 6) is 0.990. The smallest absolute Gasteiger partial charge is 0.223 e. The van der Waals surface area contributed by atoms with Crippen LogP contribution >= 0.6 is 0 Å². The average molecular weight is 175 g/mol. The minimum atomic E-state index is 0.303. The Balaban J connectivity index is 2.10. The van der Waals surface area contributed by atoms with Crippen molar-refractivity contribution >= 4 is 5.91 Å². The number of hydrogen-bond donors (Lipinski definition) is 0. The van der Waals surface area contributed by atoms with E-state index in [1.807, 2.05) is 4.90 Å². The van der Waals surface area contributed by atoms with Crippen LogP contribution in [0, 0.1) is 5.92 Å². The van der Waals surface area contributed by atoms with Crippen molar-refractivity contribution in [2.75, 3.05) is 0 Å². The van der Waals surface area contributed by atoms with Crippen LogP contribution in [0.1, 0.15) is 19.3 Å². The van der Waals surface area contributed by atoms with Gasteiger partial charge < -0.3 is 4.90 Å². The van der Waals surface area contributed by atoms with E-state index < -0.39 is 0 Å². The van der Waals surface area contributed by atoms with Gasteiger partial charge >= 0.3 is 0 Å². The van der Waals surface area contributed by atoms with E-state index in [4.69, 9.17) is 0 Å². The van der Waals surface area contributed by atoms with Gasteiger partial charge in [0.05, 0.1) is 12.1 Å². The van der Waals surface area contributed by atoms with Gasteiger partial charge in [-0.15, -0.1) is 0 Å². The van der Waals surface area contributed by atoms with Gasteiger partial charge in [-0.05, 0) is 29.9 Å². The fourth-order valence-corrected chi connectivity index (χ4v) is 3.16. The second-order valence-corrected chi connectivity index (χ2v) is 4.35. The third-order valence-corrected chi connectivity index (χ3v) is 3.80. The van der Waals surface area contributed by atoms with Crippen molar-refractivity contribution in [1.82, 2.24) is 4.90 Å². The molecular formula is C11H13NO. The maximum Gasteiger partial charge on any atom is 0.223 e. The largest absolute Gasteiger partial charge is 0.328 e. The van der Waals surface area contributed by atoms with E-state index in [9.17, 15) is 4.79 Å². The first-order valence-electron chi connectivity index (χ1n) is 4.89. The lowest BCUT2D eigenvalue weighted by molar-refractivity contribution is -0.134. The van der Waals surface area contributed by atoms with Crippen LogP contribution in [-0.2, 0) is 4.79 Å². The maximum atomic E-state index is 11.6. The number of carbonyl (C=O) groups is 1.